The molecule has 1 heterocycles. The number of carbonyl (C=O) groups excluding carboxylic acids is 1. The fraction of sp³-hybridized carbons (Fsp3) is 0.200. The zero-order valence-corrected chi connectivity index (χ0v) is 7.47. The van der Waals surface area contributed by atoms with Crippen LogP contribution in [0.25, 0.3) is 0 Å². The average molecular weight is 202 g/mol. The summed E-state index contributed by atoms with van der Waals surface area (Å²) in [6.45, 7) is 0. The molecule has 0 spiro atoms. The summed E-state index contributed by atoms with van der Waals surface area (Å²) in [5.41, 5.74) is 0.740. The Bertz CT molecular complexity index is 413. The maximum Gasteiger partial charge on any atom is 0.350 e. The maximum absolute atomic E-state index is 11.2. The van der Waals surface area contributed by atoms with Crippen molar-refractivity contribution in [3.05, 3.63) is 12.7 Å². The van der Waals surface area contributed by atoms with Gasteiger partial charge in [0.05, 0.1) is 0 Å². The number of rotatable bonds is 1. The van der Waals surface area contributed by atoms with Crippen molar-refractivity contribution in [3.63, 3.8) is 0 Å². The van der Waals surface area contributed by atoms with Gasteiger partial charge >= 0.3 is 6.03 Å². The summed E-state index contributed by atoms with van der Waals surface area (Å²) >= 11 is 0. The molecular formula is C5H6N4O3S. The SMILES string of the molecule is CN(C=S(=O)=O)C(=O)n1cncn1. The summed E-state index contributed by atoms with van der Waals surface area (Å²) < 4.78 is 21.3. The summed E-state index contributed by atoms with van der Waals surface area (Å²) in [7, 11) is -1.10. The molecule has 0 aliphatic heterocycles. The first-order chi connectivity index (χ1) is 6.11. The van der Waals surface area contributed by atoms with E-state index < -0.39 is 16.3 Å². The molecule has 1 aromatic heterocycles. The first kappa shape index (κ1) is 9.39. The lowest BCUT2D eigenvalue weighted by Crippen LogP contribution is -2.30. The number of aromatic nitrogens is 3. The zero-order chi connectivity index (χ0) is 9.84. The highest BCUT2D eigenvalue weighted by Gasteiger charge is 2.08. The van der Waals surface area contributed by atoms with E-state index in [4.69, 9.17) is 0 Å². The van der Waals surface area contributed by atoms with E-state index in [1.165, 1.54) is 19.7 Å². The van der Waals surface area contributed by atoms with Gasteiger partial charge in [-0.1, -0.05) is 0 Å². The summed E-state index contributed by atoms with van der Waals surface area (Å²) in [4.78, 5) is 15.7. The Balaban J connectivity index is 2.86. The van der Waals surface area contributed by atoms with E-state index in [2.05, 4.69) is 10.1 Å². The monoisotopic (exact) mass is 202 g/mol. The normalized spacial score (nSPS) is 9.31. The molecule has 7 nitrogen and oxygen atoms in total. The van der Waals surface area contributed by atoms with Crippen molar-refractivity contribution in [2.24, 2.45) is 0 Å². The molecule has 0 aliphatic rings. The first-order valence-corrected chi connectivity index (χ1v) is 4.30. The van der Waals surface area contributed by atoms with Gasteiger partial charge < -0.3 is 0 Å². The molecule has 0 bridgehead atoms. The minimum atomic E-state index is -2.41. The lowest BCUT2D eigenvalue weighted by atomic mass is 10.8. The van der Waals surface area contributed by atoms with Gasteiger partial charge in [0.1, 0.15) is 18.1 Å². The molecule has 13 heavy (non-hydrogen) atoms. The molecule has 70 valence electrons. The number of amides is 1. The summed E-state index contributed by atoms with van der Waals surface area (Å²) in [6, 6.07) is -0.596. The molecular weight excluding hydrogens is 196 g/mol. The number of carbonyl (C=O) groups is 1. The lowest BCUT2D eigenvalue weighted by Gasteiger charge is -2.07. The van der Waals surface area contributed by atoms with Gasteiger partial charge in [-0.15, -0.1) is 0 Å². The van der Waals surface area contributed by atoms with Gasteiger partial charge in [0, 0.05) is 7.05 Å². The summed E-state index contributed by atoms with van der Waals surface area (Å²) in [6.07, 6.45) is 2.36. The molecule has 0 atom stereocenters. The fourth-order valence-electron chi connectivity index (χ4n) is 0.643. The van der Waals surface area contributed by atoms with E-state index in [-0.39, 0.29) is 0 Å². The van der Waals surface area contributed by atoms with Crippen molar-refractivity contribution < 1.29 is 13.2 Å². The highest BCUT2D eigenvalue weighted by Crippen LogP contribution is 1.86. The third kappa shape index (κ3) is 2.37. The Kier molecular flexibility index (Phi) is 2.75. The Morgan fingerprint density at radius 2 is 2.31 bits per heavy atom. The van der Waals surface area contributed by atoms with Crippen LogP contribution in [-0.2, 0) is 10.3 Å². The van der Waals surface area contributed by atoms with E-state index in [0.29, 0.717) is 0 Å². The largest absolute Gasteiger partial charge is 0.350 e. The molecule has 0 aliphatic carbocycles. The van der Waals surface area contributed by atoms with Crippen molar-refractivity contribution >= 4 is 21.8 Å². The molecule has 8 heteroatoms. The number of hydrogen-bond donors (Lipinski definition) is 0. The van der Waals surface area contributed by atoms with Crippen molar-refractivity contribution in [2.45, 2.75) is 0 Å². The molecule has 0 unspecified atom stereocenters. The van der Waals surface area contributed by atoms with Gasteiger partial charge in [0.2, 0.25) is 10.3 Å². The van der Waals surface area contributed by atoms with Crippen LogP contribution in [0.15, 0.2) is 12.7 Å². The highest BCUT2D eigenvalue weighted by atomic mass is 32.2. The van der Waals surface area contributed by atoms with Gasteiger partial charge in [0.25, 0.3) is 0 Å². The fourth-order valence-corrected chi connectivity index (χ4v) is 0.991. The van der Waals surface area contributed by atoms with E-state index in [9.17, 15) is 13.2 Å². The second kappa shape index (κ2) is 3.81. The van der Waals surface area contributed by atoms with E-state index >= 15 is 0 Å². The predicted molar refractivity (Wildman–Crippen MR) is 43.6 cm³/mol. The van der Waals surface area contributed by atoms with E-state index in [0.717, 1.165) is 15.1 Å². The van der Waals surface area contributed by atoms with Crippen molar-refractivity contribution in [2.75, 3.05) is 7.05 Å². The second-order valence-corrected chi connectivity index (χ2v) is 2.83. The predicted octanol–water partition coefficient (Wildman–Crippen LogP) is -1.18. The first-order valence-electron chi connectivity index (χ1n) is 3.16. The van der Waals surface area contributed by atoms with Crippen LogP contribution in [0, 0.1) is 0 Å². The lowest BCUT2D eigenvalue weighted by molar-refractivity contribution is 0.226. The van der Waals surface area contributed by atoms with Crippen LogP contribution >= 0.6 is 0 Å². The molecule has 0 aromatic carbocycles. The Labute approximate surface area is 75.1 Å². The Hall–Kier alpha value is -1.70. The average Bonchev–Trinajstić information content (AvgIpc) is 2.53. The maximum atomic E-state index is 11.2. The molecule has 0 saturated heterocycles. The van der Waals surface area contributed by atoms with Crippen LogP contribution in [-0.4, -0.2) is 46.7 Å². The topological polar surface area (TPSA) is 85.2 Å². The summed E-state index contributed by atoms with van der Waals surface area (Å²) in [5, 5.41) is 3.54. The minimum Gasteiger partial charge on any atom is -0.288 e. The van der Waals surface area contributed by atoms with Gasteiger partial charge in [-0.2, -0.15) is 18.2 Å². The smallest absolute Gasteiger partial charge is 0.288 e. The van der Waals surface area contributed by atoms with Gasteiger partial charge in [-0.3, -0.25) is 4.90 Å². The van der Waals surface area contributed by atoms with Gasteiger partial charge in [-0.25, -0.2) is 9.78 Å². The third-order valence-corrected chi connectivity index (χ3v) is 1.65. The van der Waals surface area contributed by atoms with Crippen LogP contribution in [0.2, 0.25) is 0 Å². The van der Waals surface area contributed by atoms with Crippen molar-refractivity contribution in [1.82, 2.24) is 19.7 Å². The Morgan fingerprint density at radius 1 is 1.62 bits per heavy atom. The number of hydrogen-bond acceptors (Lipinski definition) is 5. The van der Waals surface area contributed by atoms with E-state index in [1.54, 1.807) is 0 Å². The van der Waals surface area contributed by atoms with Gasteiger partial charge in [0.15, 0.2) is 0 Å². The van der Waals surface area contributed by atoms with Crippen LogP contribution < -0.4 is 0 Å². The van der Waals surface area contributed by atoms with Crippen LogP contribution in [0.4, 0.5) is 4.79 Å². The van der Waals surface area contributed by atoms with Crippen molar-refractivity contribution in [1.29, 1.82) is 0 Å². The van der Waals surface area contributed by atoms with Crippen molar-refractivity contribution in [3.8, 4) is 0 Å². The molecule has 1 aromatic rings. The molecule has 1 rings (SSSR count). The quantitative estimate of drug-likeness (QED) is 0.535. The third-order valence-electron chi connectivity index (χ3n) is 1.16. The summed E-state index contributed by atoms with van der Waals surface area (Å²) in [5.74, 6) is 0. The van der Waals surface area contributed by atoms with Crippen LogP contribution in [0.5, 0.6) is 0 Å². The number of nitrogens with zero attached hydrogens (tertiary/aromatic N) is 4. The second-order valence-electron chi connectivity index (χ2n) is 2.10. The molecule has 0 N–H and O–H groups in total. The van der Waals surface area contributed by atoms with Crippen LogP contribution in [0.1, 0.15) is 0 Å². The van der Waals surface area contributed by atoms with Gasteiger partial charge in [-0.05, 0) is 0 Å². The standard InChI is InChI=1S/C5H6N4O3S/c1-8(4-13(11)12)5(10)9-3-6-2-7-9/h2-4H,1H3. The molecule has 1 amide bonds. The zero-order valence-electron chi connectivity index (χ0n) is 6.65. The molecule has 0 radical (unpaired) electrons. The molecule has 0 fully saturated rings. The highest BCUT2D eigenvalue weighted by molar-refractivity contribution is 7.71. The Morgan fingerprint density at radius 3 is 2.77 bits per heavy atom. The molecule has 0 saturated carbocycles. The van der Waals surface area contributed by atoms with E-state index in [1.807, 2.05) is 0 Å². The minimum absolute atomic E-state index is 0.596. The van der Waals surface area contributed by atoms with Crippen LogP contribution in [0.3, 0.4) is 0 Å².